The number of fused-ring (bicyclic) bond motifs is 10. The summed E-state index contributed by atoms with van der Waals surface area (Å²) in [7, 11) is 0. The highest BCUT2D eigenvalue weighted by molar-refractivity contribution is 7.26. The van der Waals surface area contributed by atoms with Crippen molar-refractivity contribution < 1.29 is 0 Å². The number of pyridine rings is 1. The van der Waals surface area contributed by atoms with Gasteiger partial charge in [0.15, 0.2) is 17.5 Å². The summed E-state index contributed by atoms with van der Waals surface area (Å²) < 4.78 is 4.89. The van der Waals surface area contributed by atoms with Crippen molar-refractivity contribution in [3.63, 3.8) is 0 Å². The fourth-order valence-corrected chi connectivity index (χ4v) is 10.6. The molecule has 0 N–H and O–H groups in total. The van der Waals surface area contributed by atoms with Gasteiger partial charge in [-0.15, -0.1) is 11.3 Å². The topological polar surface area (TPSA) is 56.5 Å². The Morgan fingerprint density at radius 2 is 0.906 bits per heavy atom. The van der Waals surface area contributed by atoms with E-state index in [-0.39, 0.29) is 0 Å². The minimum absolute atomic E-state index is 0.613. The highest BCUT2D eigenvalue weighted by Gasteiger charge is 2.20. The first-order valence-electron chi connectivity index (χ1n) is 21.5. The lowest BCUT2D eigenvalue weighted by Crippen LogP contribution is -2.00. The van der Waals surface area contributed by atoms with Gasteiger partial charge in [-0.3, -0.25) is 0 Å². The summed E-state index contributed by atoms with van der Waals surface area (Å²) >= 11 is 1.85. The molecule has 0 amide bonds. The summed E-state index contributed by atoms with van der Waals surface area (Å²) in [6.45, 7) is 0. The van der Waals surface area contributed by atoms with E-state index in [1.54, 1.807) is 0 Å². The number of aromatic nitrogens is 5. The summed E-state index contributed by atoms with van der Waals surface area (Å²) in [6.07, 6.45) is 0. The zero-order valence-corrected chi connectivity index (χ0v) is 35.2. The summed E-state index contributed by atoms with van der Waals surface area (Å²) in [5.74, 6) is 1.86. The number of rotatable bonds is 6. The van der Waals surface area contributed by atoms with Crippen molar-refractivity contribution in [3.8, 4) is 62.2 Å². The first-order chi connectivity index (χ1) is 31.7. The van der Waals surface area contributed by atoms with Gasteiger partial charge in [0, 0.05) is 80.6 Å². The van der Waals surface area contributed by atoms with E-state index >= 15 is 0 Å². The van der Waals surface area contributed by atoms with Crippen LogP contribution in [0.5, 0.6) is 0 Å². The number of nitrogens with zero attached hydrogens (tertiary/aromatic N) is 5. The predicted molar refractivity (Wildman–Crippen MR) is 267 cm³/mol. The van der Waals surface area contributed by atoms with Crippen LogP contribution in [0.3, 0.4) is 0 Å². The Morgan fingerprint density at radius 3 is 1.67 bits per heavy atom. The SMILES string of the molecule is c1ccc(-c2nc(-c3ccc(-c4cccc5c4nc(-c4ccccc4)c4ccc6sc7ccccc7c6c45)cc3)nc(-c3ccc4c(c3)c3ccccc3n4-c3ccccc3)n2)cc1. The fourth-order valence-electron chi connectivity index (χ4n) is 9.50. The van der Waals surface area contributed by atoms with E-state index in [1.807, 2.05) is 29.5 Å². The largest absolute Gasteiger partial charge is 0.309 e. The van der Waals surface area contributed by atoms with Crippen molar-refractivity contribution in [2.45, 2.75) is 0 Å². The second-order valence-corrected chi connectivity index (χ2v) is 17.2. The molecule has 0 fully saturated rings. The van der Waals surface area contributed by atoms with Crippen LogP contribution in [-0.4, -0.2) is 24.5 Å². The van der Waals surface area contributed by atoms with Crippen molar-refractivity contribution in [2.24, 2.45) is 0 Å². The number of para-hydroxylation sites is 3. The molecule has 0 saturated heterocycles. The van der Waals surface area contributed by atoms with Crippen molar-refractivity contribution in [1.29, 1.82) is 0 Å². The Hall–Kier alpha value is -8.32. The molecule has 0 aliphatic rings. The minimum Gasteiger partial charge on any atom is -0.309 e. The van der Waals surface area contributed by atoms with Crippen LogP contribution in [0.15, 0.2) is 212 Å². The van der Waals surface area contributed by atoms with Crippen LogP contribution in [0, 0.1) is 0 Å². The van der Waals surface area contributed by atoms with Gasteiger partial charge in [-0.2, -0.15) is 0 Å². The Bertz CT molecular complexity index is 3930. The first-order valence-corrected chi connectivity index (χ1v) is 22.3. The molecule has 0 aliphatic carbocycles. The molecular weight excluding hydrogens is 799 g/mol. The molecule has 6 heteroatoms. The summed E-state index contributed by atoms with van der Waals surface area (Å²) in [5, 5.41) is 8.43. The monoisotopic (exact) mass is 833 g/mol. The molecule has 64 heavy (non-hydrogen) atoms. The molecular formula is C58H35N5S. The minimum atomic E-state index is 0.613. The summed E-state index contributed by atoms with van der Waals surface area (Å²) in [4.78, 5) is 20.9. The van der Waals surface area contributed by atoms with Crippen LogP contribution in [0.2, 0.25) is 0 Å². The standard InChI is InChI=1S/C58H35N5S/c1-4-15-37(16-5-1)54-46-32-34-51-53(44-22-11-13-26-50(44)64-51)52(46)45-24-14-23-42(55(45)59-54)36-27-29-39(30-28-36)57-60-56(38-17-6-2-7-18-38)61-58(62-57)40-31-33-49-47(35-40)43-21-10-12-25-48(43)63(49)41-19-8-3-9-20-41/h1-35H. The molecule has 0 spiro atoms. The molecule has 13 rings (SSSR count). The van der Waals surface area contributed by atoms with Crippen LogP contribution in [0.1, 0.15) is 0 Å². The van der Waals surface area contributed by atoms with Gasteiger partial charge < -0.3 is 4.57 Å². The van der Waals surface area contributed by atoms with Gasteiger partial charge in [-0.1, -0.05) is 164 Å². The zero-order valence-electron chi connectivity index (χ0n) is 34.4. The number of thiophene rings is 1. The molecule has 0 bridgehead atoms. The molecule has 0 aliphatic heterocycles. The number of hydrogen-bond donors (Lipinski definition) is 0. The molecule has 0 saturated carbocycles. The highest BCUT2D eigenvalue weighted by Crippen LogP contribution is 2.45. The Morgan fingerprint density at radius 1 is 0.328 bits per heavy atom. The van der Waals surface area contributed by atoms with E-state index in [0.717, 1.165) is 77.5 Å². The zero-order chi connectivity index (χ0) is 42.1. The molecule has 9 aromatic carbocycles. The molecule has 13 aromatic rings. The van der Waals surface area contributed by atoms with E-state index in [1.165, 1.54) is 30.9 Å². The smallest absolute Gasteiger partial charge is 0.164 e. The third-order valence-electron chi connectivity index (χ3n) is 12.4. The second kappa shape index (κ2) is 14.7. The maximum Gasteiger partial charge on any atom is 0.164 e. The maximum absolute atomic E-state index is 5.52. The molecule has 5 nitrogen and oxygen atoms in total. The van der Waals surface area contributed by atoms with Gasteiger partial charge >= 0.3 is 0 Å². The second-order valence-electron chi connectivity index (χ2n) is 16.2. The van der Waals surface area contributed by atoms with Crippen molar-refractivity contribution >= 4 is 75.0 Å². The Balaban J connectivity index is 0.968. The predicted octanol–water partition coefficient (Wildman–Crippen LogP) is 15.4. The van der Waals surface area contributed by atoms with Gasteiger partial charge in [0.2, 0.25) is 0 Å². The van der Waals surface area contributed by atoms with Gasteiger partial charge in [-0.05, 0) is 54.1 Å². The average molecular weight is 834 g/mol. The van der Waals surface area contributed by atoms with Crippen LogP contribution in [0.4, 0.5) is 0 Å². The van der Waals surface area contributed by atoms with Gasteiger partial charge in [0.1, 0.15) is 0 Å². The van der Waals surface area contributed by atoms with Crippen molar-refractivity contribution in [1.82, 2.24) is 24.5 Å². The maximum atomic E-state index is 5.52. The Labute approximate surface area is 372 Å². The molecule has 0 atom stereocenters. The van der Waals surface area contributed by atoms with E-state index < -0.39 is 0 Å². The number of benzene rings is 9. The molecule has 0 unspecified atom stereocenters. The van der Waals surface area contributed by atoms with Crippen LogP contribution >= 0.6 is 11.3 Å². The van der Waals surface area contributed by atoms with E-state index in [9.17, 15) is 0 Å². The van der Waals surface area contributed by atoms with Crippen molar-refractivity contribution in [3.05, 3.63) is 212 Å². The molecule has 4 aromatic heterocycles. The van der Waals surface area contributed by atoms with E-state index in [2.05, 4.69) is 199 Å². The lowest BCUT2D eigenvalue weighted by atomic mass is 9.93. The summed E-state index contributed by atoms with van der Waals surface area (Å²) in [5.41, 5.74) is 11.4. The summed E-state index contributed by atoms with van der Waals surface area (Å²) in [6, 6.07) is 74.9. The molecule has 0 radical (unpaired) electrons. The fraction of sp³-hybridized carbons (Fsp3) is 0. The van der Waals surface area contributed by atoms with Gasteiger partial charge in [-0.25, -0.2) is 19.9 Å². The molecule has 298 valence electrons. The number of hydrogen-bond acceptors (Lipinski definition) is 5. The lowest BCUT2D eigenvalue weighted by Gasteiger charge is -2.15. The lowest BCUT2D eigenvalue weighted by molar-refractivity contribution is 1.07. The Kier molecular flexibility index (Phi) is 8.32. The normalized spacial score (nSPS) is 11.8. The van der Waals surface area contributed by atoms with Crippen LogP contribution in [-0.2, 0) is 0 Å². The van der Waals surface area contributed by atoms with Crippen molar-refractivity contribution in [2.75, 3.05) is 0 Å². The van der Waals surface area contributed by atoms with Crippen LogP contribution < -0.4 is 0 Å². The quantitative estimate of drug-likeness (QED) is 0.157. The van der Waals surface area contributed by atoms with Crippen LogP contribution in [0.25, 0.3) is 126 Å². The third kappa shape index (κ3) is 5.84. The third-order valence-corrected chi connectivity index (χ3v) is 13.6. The van der Waals surface area contributed by atoms with Gasteiger partial charge in [0.05, 0.1) is 22.2 Å². The first kappa shape index (κ1) is 36.3. The molecule has 4 heterocycles. The average Bonchev–Trinajstić information content (AvgIpc) is 3.92. The van der Waals surface area contributed by atoms with E-state index in [0.29, 0.717) is 17.5 Å². The highest BCUT2D eigenvalue weighted by atomic mass is 32.1. The van der Waals surface area contributed by atoms with E-state index in [4.69, 9.17) is 19.9 Å². The van der Waals surface area contributed by atoms with Gasteiger partial charge in [0.25, 0.3) is 0 Å².